The third-order valence-corrected chi connectivity index (χ3v) is 1.90. The second-order valence-electron chi connectivity index (χ2n) is 3.84. The Labute approximate surface area is 112 Å². The van der Waals surface area contributed by atoms with Crippen molar-refractivity contribution in [3.8, 4) is 0 Å². The van der Waals surface area contributed by atoms with Crippen molar-refractivity contribution in [1.82, 2.24) is 0 Å². The van der Waals surface area contributed by atoms with E-state index in [2.05, 4.69) is 13.2 Å². The van der Waals surface area contributed by atoms with Gasteiger partial charge in [0.1, 0.15) is 6.10 Å². The van der Waals surface area contributed by atoms with E-state index in [1.54, 1.807) is 6.92 Å². The molecule has 0 amide bonds. The highest BCUT2D eigenvalue weighted by Crippen LogP contribution is 2.08. The average Bonchev–Trinajstić information content (AvgIpc) is 3.17. The van der Waals surface area contributed by atoms with E-state index in [0.717, 1.165) is 12.7 Å². The first-order valence-electron chi connectivity index (χ1n) is 5.84. The molecule has 1 fully saturated rings. The molecule has 6 nitrogen and oxygen atoms in total. The zero-order valence-electron chi connectivity index (χ0n) is 11.1. The van der Waals surface area contributed by atoms with Crippen LogP contribution in [0.5, 0.6) is 0 Å². The molecule has 1 N–H and O–H groups in total. The second-order valence-corrected chi connectivity index (χ2v) is 3.84. The number of esters is 1. The standard InChI is InChI=1S/C10H16O4.C3H4O2/c1-8(2)10(11)13-5-3-4-12-6-9-7-14-9;1-2-3(4)5/h9H,1,3-7H2,2H3;2H,1H2,(H,4,5). The van der Waals surface area contributed by atoms with Crippen LogP contribution >= 0.6 is 0 Å². The summed E-state index contributed by atoms with van der Waals surface area (Å²) in [5.41, 5.74) is 0.428. The number of carbonyl (C=O) groups excluding carboxylic acids is 1. The Morgan fingerprint density at radius 3 is 2.47 bits per heavy atom. The van der Waals surface area contributed by atoms with E-state index in [-0.39, 0.29) is 5.97 Å². The second kappa shape index (κ2) is 10.3. The van der Waals surface area contributed by atoms with E-state index >= 15 is 0 Å². The molecule has 19 heavy (non-hydrogen) atoms. The number of carbonyl (C=O) groups is 2. The van der Waals surface area contributed by atoms with Crippen LogP contribution in [-0.2, 0) is 23.8 Å². The fraction of sp³-hybridized carbons (Fsp3) is 0.538. The molecule has 1 aliphatic rings. The Hall–Kier alpha value is -1.66. The van der Waals surface area contributed by atoms with Crippen molar-refractivity contribution >= 4 is 11.9 Å². The van der Waals surface area contributed by atoms with Gasteiger partial charge in [0.2, 0.25) is 0 Å². The molecule has 0 aromatic heterocycles. The van der Waals surface area contributed by atoms with Crippen molar-refractivity contribution in [3.63, 3.8) is 0 Å². The maximum Gasteiger partial charge on any atom is 0.333 e. The molecule has 0 saturated carbocycles. The first-order chi connectivity index (χ1) is 8.97. The molecule has 0 aliphatic carbocycles. The third-order valence-electron chi connectivity index (χ3n) is 1.90. The van der Waals surface area contributed by atoms with E-state index in [4.69, 9.17) is 19.3 Å². The van der Waals surface area contributed by atoms with Crippen LogP contribution in [0.15, 0.2) is 24.8 Å². The van der Waals surface area contributed by atoms with Crippen LogP contribution in [0.1, 0.15) is 13.3 Å². The lowest BCUT2D eigenvalue weighted by Crippen LogP contribution is -2.09. The van der Waals surface area contributed by atoms with Crippen LogP contribution in [0.25, 0.3) is 0 Å². The molecule has 1 saturated heterocycles. The van der Waals surface area contributed by atoms with Gasteiger partial charge in [0.25, 0.3) is 0 Å². The quantitative estimate of drug-likeness (QED) is 0.309. The van der Waals surface area contributed by atoms with E-state index < -0.39 is 5.97 Å². The van der Waals surface area contributed by atoms with E-state index in [0.29, 0.717) is 37.9 Å². The van der Waals surface area contributed by atoms with Gasteiger partial charge in [-0.2, -0.15) is 0 Å². The predicted molar refractivity (Wildman–Crippen MR) is 68.8 cm³/mol. The number of epoxide rings is 1. The monoisotopic (exact) mass is 272 g/mol. The lowest BCUT2D eigenvalue weighted by atomic mass is 10.4. The number of carboxylic acid groups (broad SMARTS) is 1. The largest absolute Gasteiger partial charge is 0.478 e. The predicted octanol–water partition coefficient (Wildman–Crippen LogP) is 1.17. The summed E-state index contributed by atoms with van der Waals surface area (Å²) in [4.78, 5) is 20.2. The molecule has 0 aromatic carbocycles. The molecule has 6 heteroatoms. The number of carboxylic acids is 1. The number of rotatable bonds is 8. The highest BCUT2D eigenvalue weighted by Gasteiger charge is 2.21. The summed E-state index contributed by atoms with van der Waals surface area (Å²) in [7, 11) is 0. The van der Waals surface area contributed by atoms with Gasteiger partial charge in [-0.1, -0.05) is 13.2 Å². The summed E-state index contributed by atoms with van der Waals surface area (Å²) < 4.78 is 15.1. The van der Waals surface area contributed by atoms with Gasteiger partial charge in [-0.15, -0.1) is 0 Å². The van der Waals surface area contributed by atoms with Gasteiger partial charge in [0, 0.05) is 24.7 Å². The molecule has 0 radical (unpaired) electrons. The first kappa shape index (κ1) is 17.3. The number of hydrogen-bond donors (Lipinski definition) is 1. The van der Waals surface area contributed by atoms with Gasteiger partial charge in [0.05, 0.1) is 19.8 Å². The van der Waals surface area contributed by atoms with Gasteiger partial charge < -0.3 is 19.3 Å². The van der Waals surface area contributed by atoms with Gasteiger partial charge in [0.15, 0.2) is 0 Å². The summed E-state index contributed by atoms with van der Waals surface area (Å²) in [6.45, 7) is 10.5. The summed E-state index contributed by atoms with van der Waals surface area (Å²) in [5, 5.41) is 7.60. The summed E-state index contributed by atoms with van der Waals surface area (Å²) >= 11 is 0. The molecule has 1 heterocycles. The van der Waals surface area contributed by atoms with Gasteiger partial charge in [-0.3, -0.25) is 0 Å². The number of hydrogen-bond acceptors (Lipinski definition) is 5. The van der Waals surface area contributed by atoms with Crippen molar-refractivity contribution in [3.05, 3.63) is 24.8 Å². The lowest BCUT2D eigenvalue weighted by Gasteiger charge is -2.04. The van der Waals surface area contributed by atoms with Crippen molar-refractivity contribution in [2.24, 2.45) is 0 Å². The van der Waals surface area contributed by atoms with Crippen LogP contribution in [0.3, 0.4) is 0 Å². The van der Waals surface area contributed by atoms with Crippen LogP contribution in [0.2, 0.25) is 0 Å². The molecule has 1 rings (SSSR count). The van der Waals surface area contributed by atoms with Gasteiger partial charge in [-0.05, 0) is 6.92 Å². The Bertz CT molecular complexity index is 319. The molecule has 108 valence electrons. The Balaban J connectivity index is 0.000000555. The minimum atomic E-state index is -0.981. The number of aliphatic carboxylic acids is 1. The van der Waals surface area contributed by atoms with Crippen molar-refractivity contribution in [1.29, 1.82) is 0 Å². The minimum Gasteiger partial charge on any atom is -0.478 e. The average molecular weight is 272 g/mol. The molecule has 0 aromatic rings. The summed E-state index contributed by atoms with van der Waals surface area (Å²) in [6.07, 6.45) is 1.85. The van der Waals surface area contributed by atoms with Crippen LogP contribution in [0.4, 0.5) is 0 Å². The SMILES string of the molecule is C=C(C)C(=O)OCCCOCC1CO1.C=CC(=O)O. The maximum absolute atomic E-state index is 10.9. The fourth-order valence-electron chi connectivity index (χ4n) is 0.828. The normalized spacial score (nSPS) is 15.7. The van der Waals surface area contributed by atoms with Gasteiger partial charge >= 0.3 is 11.9 Å². The van der Waals surface area contributed by atoms with E-state index in [1.807, 2.05) is 0 Å². The fourth-order valence-corrected chi connectivity index (χ4v) is 0.828. The highest BCUT2D eigenvalue weighted by molar-refractivity contribution is 5.86. The smallest absolute Gasteiger partial charge is 0.333 e. The Kier molecular flexibility index (Phi) is 9.38. The molecule has 1 atom stereocenters. The summed E-state index contributed by atoms with van der Waals surface area (Å²) in [5.74, 6) is -1.32. The molecular formula is C13H20O6. The Morgan fingerprint density at radius 1 is 1.47 bits per heavy atom. The topological polar surface area (TPSA) is 85.4 Å². The minimum absolute atomic E-state index is 0.299. The van der Waals surface area contributed by atoms with Crippen LogP contribution < -0.4 is 0 Å². The summed E-state index contributed by atoms with van der Waals surface area (Å²) in [6, 6.07) is 0. The van der Waals surface area contributed by atoms with Crippen molar-refractivity contribution < 1.29 is 28.9 Å². The van der Waals surface area contributed by atoms with E-state index in [9.17, 15) is 9.59 Å². The van der Waals surface area contributed by atoms with Crippen LogP contribution in [0, 0.1) is 0 Å². The zero-order chi connectivity index (χ0) is 14.7. The zero-order valence-corrected chi connectivity index (χ0v) is 11.1. The molecule has 1 unspecified atom stereocenters. The van der Waals surface area contributed by atoms with Gasteiger partial charge in [-0.25, -0.2) is 9.59 Å². The third kappa shape index (κ3) is 12.6. The molecular weight excluding hydrogens is 252 g/mol. The molecule has 0 spiro atoms. The van der Waals surface area contributed by atoms with Crippen molar-refractivity contribution in [2.75, 3.05) is 26.4 Å². The number of ether oxygens (including phenoxy) is 3. The highest BCUT2D eigenvalue weighted by atomic mass is 16.6. The first-order valence-corrected chi connectivity index (χ1v) is 5.84. The lowest BCUT2D eigenvalue weighted by molar-refractivity contribution is -0.139. The van der Waals surface area contributed by atoms with Crippen LogP contribution in [-0.4, -0.2) is 49.6 Å². The van der Waals surface area contributed by atoms with E-state index in [1.165, 1.54) is 0 Å². The Morgan fingerprint density at radius 2 is 2.05 bits per heavy atom. The maximum atomic E-state index is 10.9. The van der Waals surface area contributed by atoms with Crippen molar-refractivity contribution in [2.45, 2.75) is 19.4 Å². The molecule has 0 bridgehead atoms. The molecule has 1 aliphatic heterocycles.